The zero-order valence-corrected chi connectivity index (χ0v) is 23.9. The fourth-order valence-corrected chi connectivity index (χ4v) is 2.93. The van der Waals surface area contributed by atoms with E-state index in [0.29, 0.717) is 18.6 Å². The van der Waals surface area contributed by atoms with Crippen LogP contribution in [0.4, 0.5) is 0 Å². The SMILES string of the molecule is CCOC(=O)C(=O)C1CCCCC1=O.CCOC(=O)C(=O)OCC.CC[O-].O=C1CCCCC1.[Na+]. The minimum atomic E-state index is -0.927. The molecule has 196 valence electrons. The monoisotopic (exact) mass is 510 g/mol. The molecule has 0 bridgehead atoms. The van der Waals surface area contributed by atoms with Gasteiger partial charge in [0.25, 0.3) is 0 Å². The molecule has 0 radical (unpaired) electrons. The number of hydrogen-bond acceptors (Lipinski definition) is 10. The van der Waals surface area contributed by atoms with Crippen molar-refractivity contribution < 1.29 is 77.6 Å². The standard InChI is InChI=1S/C10H14O4.C6H10O4.C6H10O.C2H5O.Na/c1-2-14-10(13)9(12)7-5-3-4-6-8(7)11;1-3-9-5(7)6(8)10-4-2;7-6-4-2-1-3-5-6;1-2-3;/h7H,2-6H2,1H3;3-4H2,1-2H3;1-5H2;2H2,1H3;/q;;;-1;+1. The van der Waals surface area contributed by atoms with Crippen LogP contribution in [0, 0.1) is 5.92 Å². The van der Waals surface area contributed by atoms with Crippen molar-refractivity contribution in [3.63, 3.8) is 0 Å². The first-order valence-corrected chi connectivity index (χ1v) is 11.9. The Labute approximate surface area is 230 Å². The van der Waals surface area contributed by atoms with Gasteiger partial charge in [0.05, 0.1) is 25.7 Å². The molecule has 0 saturated heterocycles. The molecule has 35 heavy (non-hydrogen) atoms. The Kier molecular flexibility index (Phi) is 27.6. The van der Waals surface area contributed by atoms with Crippen LogP contribution < -0.4 is 34.7 Å². The van der Waals surface area contributed by atoms with Crippen LogP contribution >= 0.6 is 0 Å². The minimum absolute atomic E-state index is 0. The third-order valence-electron chi connectivity index (χ3n) is 4.48. The summed E-state index contributed by atoms with van der Waals surface area (Å²) in [5, 5.41) is 8.93. The van der Waals surface area contributed by atoms with Gasteiger partial charge in [-0.3, -0.25) is 14.4 Å². The summed E-state index contributed by atoms with van der Waals surface area (Å²) in [6, 6.07) is 0. The van der Waals surface area contributed by atoms with Gasteiger partial charge < -0.3 is 19.3 Å². The Balaban J connectivity index is -0.000000429. The Morgan fingerprint density at radius 2 is 1.11 bits per heavy atom. The van der Waals surface area contributed by atoms with E-state index in [1.165, 1.54) is 6.42 Å². The molecule has 0 amide bonds. The van der Waals surface area contributed by atoms with Crippen molar-refractivity contribution in [3.8, 4) is 0 Å². The average molecular weight is 511 g/mol. The van der Waals surface area contributed by atoms with Crippen LogP contribution in [0.15, 0.2) is 0 Å². The molecule has 0 heterocycles. The van der Waals surface area contributed by atoms with Crippen molar-refractivity contribution in [2.75, 3.05) is 26.4 Å². The quantitative estimate of drug-likeness (QED) is 0.146. The van der Waals surface area contributed by atoms with Crippen molar-refractivity contribution in [2.24, 2.45) is 5.92 Å². The third-order valence-corrected chi connectivity index (χ3v) is 4.48. The molecule has 0 aliphatic heterocycles. The summed E-state index contributed by atoms with van der Waals surface area (Å²) in [5.74, 6) is -3.78. The Morgan fingerprint density at radius 1 is 0.714 bits per heavy atom. The van der Waals surface area contributed by atoms with Crippen molar-refractivity contribution in [3.05, 3.63) is 0 Å². The molecule has 0 spiro atoms. The fourth-order valence-electron chi connectivity index (χ4n) is 2.93. The van der Waals surface area contributed by atoms with Crippen LogP contribution in [0.2, 0.25) is 0 Å². The first-order chi connectivity index (χ1) is 16.2. The van der Waals surface area contributed by atoms with Crippen LogP contribution in [-0.4, -0.2) is 61.7 Å². The number of esters is 3. The van der Waals surface area contributed by atoms with Crippen LogP contribution in [0.3, 0.4) is 0 Å². The fraction of sp³-hybridized carbons (Fsp3) is 0.750. The second-order valence-corrected chi connectivity index (χ2v) is 7.18. The van der Waals surface area contributed by atoms with Crippen molar-refractivity contribution in [1.82, 2.24) is 0 Å². The summed E-state index contributed by atoms with van der Waals surface area (Å²) < 4.78 is 13.2. The molecule has 0 aromatic heterocycles. The molecule has 2 fully saturated rings. The van der Waals surface area contributed by atoms with E-state index in [0.717, 1.165) is 38.5 Å². The van der Waals surface area contributed by atoms with Crippen molar-refractivity contribution in [2.45, 2.75) is 85.5 Å². The van der Waals surface area contributed by atoms with Crippen LogP contribution in [0.25, 0.3) is 0 Å². The zero-order chi connectivity index (χ0) is 26.4. The van der Waals surface area contributed by atoms with Gasteiger partial charge in [-0.15, -0.1) is 6.61 Å². The number of ether oxygens (including phenoxy) is 3. The van der Waals surface area contributed by atoms with Gasteiger partial charge in [0.2, 0.25) is 5.78 Å². The van der Waals surface area contributed by atoms with Crippen molar-refractivity contribution in [1.29, 1.82) is 0 Å². The molecule has 10 nitrogen and oxygen atoms in total. The van der Waals surface area contributed by atoms with E-state index in [1.807, 2.05) is 0 Å². The molecule has 0 aromatic rings. The summed E-state index contributed by atoms with van der Waals surface area (Å²) in [7, 11) is 0. The Hall–Kier alpha value is -1.62. The summed E-state index contributed by atoms with van der Waals surface area (Å²) >= 11 is 0. The largest absolute Gasteiger partial charge is 1.00 e. The van der Waals surface area contributed by atoms with Gasteiger partial charge in [-0.2, -0.15) is 0 Å². The van der Waals surface area contributed by atoms with Gasteiger partial charge in [-0.1, -0.05) is 19.8 Å². The van der Waals surface area contributed by atoms with E-state index < -0.39 is 29.6 Å². The second kappa shape index (κ2) is 25.5. The minimum Gasteiger partial charge on any atom is -0.855 e. The van der Waals surface area contributed by atoms with Gasteiger partial charge in [-0.05, 0) is 46.5 Å². The molecule has 2 aliphatic rings. The predicted molar refractivity (Wildman–Crippen MR) is 121 cm³/mol. The van der Waals surface area contributed by atoms with Gasteiger partial charge in [-0.25, -0.2) is 14.4 Å². The summed E-state index contributed by atoms with van der Waals surface area (Å²) in [6.45, 7) is 7.00. The second-order valence-electron chi connectivity index (χ2n) is 7.18. The molecule has 1 atom stereocenters. The molecular weight excluding hydrogens is 471 g/mol. The number of rotatable bonds is 5. The number of hydrogen-bond donors (Lipinski definition) is 0. The molecule has 2 rings (SSSR count). The summed E-state index contributed by atoms with van der Waals surface area (Å²) in [5.41, 5.74) is 0. The smallest absolute Gasteiger partial charge is 0.855 e. The third kappa shape index (κ3) is 20.3. The van der Waals surface area contributed by atoms with Crippen LogP contribution in [0.1, 0.15) is 85.5 Å². The molecule has 11 heteroatoms. The number of Topliss-reactive ketones (excluding diaryl/α,β-unsaturated/α-hetero) is 3. The molecule has 0 aromatic carbocycles. The first kappa shape index (κ1) is 37.9. The van der Waals surface area contributed by atoms with E-state index in [1.54, 1.807) is 27.7 Å². The van der Waals surface area contributed by atoms with Gasteiger partial charge in [0.1, 0.15) is 11.6 Å². The molecule has 2 saturated carbocycles. The first-order valence-electron chi connectivity index (χ1n) is 11.9. The number of ketones is 3. The molecule has 0 N–H and O–H groups in total. The summed E-state index contributed by atoms with van der Waals surface area (Å²) in [4.78, 5) is 65.1. The molecule has 1 unspecified atom stereocenters. The predicted octanol–water partition coefficient (Wildman–Crippen LogP) is -1.12. The molecular formula is C24H39NaO10. The number of carbonyl (C=O) groups is 6. The maximum Gasteiger partial charge on any atom is 1.00 e. The van der Waals surface area contributed by atoms with Crippen LogP contribution in [0.5, 0.6) is 0 Å². The van der Waals surface area contributed by atoms with E-state index in [9.17, 15) is 28.8 Å². The summed E-state index contributed by atoms with van der Waals surface area (Å²) in [6.07, 6.45) is 7.81. The Bertz CT molecular complexity index is 624. The van der Waals surface area contributed by atoms with E-state index in [4.69, 9.17) is 5.11 Å². The van der Waals surface area contributed by atoms with Gasteiger partial charge in [0, 0.05) is 19.3 Å². The number of carbonyl (C=O) groups excluding carboxylic acids is 6. The van der Waals surface area contributed by atoms with E-state index in [-0.39, 0.29) is 61.8 Å². The van der Waals surface area contributed by atoms with Crippen LogP contribution in [-0.2, 0) is 43.0 Å². The van der Waals surface area contributed by atoms with E-state index >= 15 is 0 Å². The van der Waals surface area contributed by atoms with Gasteiger partial charge >= 0.3 is 47.5 Å². The van der Waals surface area contributed by atoms with E-state index in [2.05, 4.69) is 14.2 Å². The molecule has 2 aliphatic carbocycles. The van der Waals surface area contributed by atoms with Crippen molar-refractivity contribution >= 4 is 35.3 Å². The topological polar surface area (TPSA) is 153 Å². The maximum atomic E-state index is 11.4. The average Bonchev–Trinajstić information content (AvgIpc) is 2.81. The normalized spacial score (nSPS) is 16.2. The Morgan fingerprint density at radius 3 is 1.46 bits per heavy atom. The van der Waals surface area contributed by atoms with Gasteiger partial charge in [0.15, 0.2) is 0 Å². The maximum absolute atomic E-state index is 11.4. The zero-order valence-electron chi connectivity index (χ0n) is 21.9.